The number of amides is 1. The Hall–Kier alpha value is -0.980. The summed E-state index contributed by atoms with van der Waals surface area (Å²) in [7, 11) is 0. The van der Waals surface area contributed by atoms with Crippen LogP contribution in [0.5, 0.6) is 0 Å². The molecule has 0 atom stereocenters. The molecule has 0 unspecified atom stereocenters. The van der Waals surface area contributed by atoms with Crippen molar-refractivity contribution in [1.29, 1.82) is 0 Å². The molecule has 1 fully saturated rings. The van der Waals surface area contributed by atoms with Crippen molar-refractivity contribution in [3.63, 3.8) is 0 Å². The van der Waals surface area contributed by atoms with Crippen LogP contribution in [0.3, 0.4) is 0 Å². The van der Waals surface area contributed by atoms with E-state index in [1.807, 2.05) is 30.0 Å². The number of benzene rings is 1. The molecule has 0 aliphatic carbocycles. The van der Waals surface area contributed by atoms with Crippen molar-refractivity contribution in [3.8, 4) is 0 Å². The zero-order chi connectivity index (χ0) is 14.7. The Morgan fingerprint density at radius 2 is 2.00 bits per heavy atom. The summed E-state index contributed by atoms with van der Waals surface area (Å²) >= 11 is 8.38. The van der Waals surface area contributed by atoms with Crippen LogP contribution >= 0.6 is 28.1 Å². The second-order valence-corrected chi connectivity index (χ2v) is 6.38. The van der Waals surface area contributed by atoms with E-state index < -0.39 is 0 Å². The zero-order valence-electron chi connectivity index (χ0n) is 11.4. The molecule has 4 nitrogen and oxygen atoms in total. The molecular formula is C14H18BrN3OS. The number of piperazine rings is 1. The van der Waals surface area contributed by atoms with E-state index in [-0.39, 0.29) is 5.91 Å². The number of nitrogens with zero attached hydrogens (tertiary/aromatic N) is 2. The van der Waals surface area contributed by atoms with Gasteiger partial charge in [-0.15, -0.1) is 0 Å². The standard InChI is InChI=1S/C14H18BrN3OS/c1-10-2-3-11(8-12(10)15)14(19)18-6-4-17(5-7-18)9-13(16)20/h2-3,8H,4-7,9H2,1H3,(H2,16,20). The van der Waals surface area contributed by atoms with Crippen LogP contribution < -0.4 is 5.73 Å². The van der Waals surface area contributed by atoms with Crippen LogP contribution in [-0.2, 0) is 0 Å². The lowest BCUT2D eigenvalue weighted by atomic mass is 10.1. The number of carbonyl (C=O) groups is 1. The maximum atomic E-state index is 12.4. The first kappa shape index (κ1) is 15.4. The Balaban J connectivity index is 1.97. The molecule has 1 amide bonds. The lowest BCUT2D eigenvalue weighted by molar-refractivity contribution is 0.0654. The van der Waals surface area contributed by atoms with Gasteiger partial charge >= 0.3 is 0 Å². The number of rotatable bonds is 3. The van der Waals surface area contributed by atoms with E-state index in [0.29, 0.717) is 24.6 Å². The summed E-state index contributed by atoms with van der Waals surface area (Å²) in [6, 6.07) is 5.73. The van der Waals surface area contributed by atoms with Crippen LogP contribution in [-0.4, -0.2) is 53.4 Å². The predicted octanol–water partition coefficient (Wildman–Crippen LogP) is 1.80. The molecule has 1 aliphatic heterocycles. The lowest BCUT2D eigenvalue weighted by Crippen LogP contribution is -2.50. The van der Waals surface area contributed by atoms with Crippen molar-refractivity contribution < 1.29 is 4.79 Å². The van der Waals surface area contributed by atoms with Crippen LogP contribution in [0.2, 0.25) is 0 Å². The molecule has 0 aromatic heterocycles. The van der Waals surface area contributed by atoms with Gasteiger partial charge in [0.1, 0.15) is 0 Å². The van der Waals surface area contributed by atoms with Gasteiger partial charge in [0.15, 0.2) is 0 Å². The van der Waals surface area contributed by atoms with Gasteiger partial charge in [-0.2, -0.15) is 0 Å². The molecule has 1 aliphatic rings. The third kappa shape index (κ3) is 3.77. The fourth-order valence-corrected chi connectivity index (χ4v) is 2.80. The number of thiocarbonyl (C=S) groups is 1. The minimum Gasteiger partial charge on any atom is -0.392 e. The molecule has 0 spiro atoms. The first-order valence-electron chi connectivity index (χ1n) is 6.53. The van der Waals surface area contributed by atoms with E-state index in [1.54, 1.807) is 0 Å². The third-order valence-electron chi connectivity index (χ3n) is 3.46. The molecule has 1 aromatic carbocycles. The van der Waals surface area contributed by atoms with Gasteiger partial charge in [0, 0.05) is 42.8 Å². The second-order valence-electron chi connectivity index (χ2n) is 5.00. The van der Waals surface area contributed by atoms with Gasteiger partial charge in [0.05, 0.1) is 4.99 Å². The van der Waals surface area contributed by atoms with Crippen molar-refractivity contribution in [1.82, 2.24) is 9.80 Å². The van der Waals surface area contributed by atoms with E-state index in [0.717, 1.165) is 28.7 Å². The maximum Gasteiger partial charge on any atom is 0.253 e. The van der Waals surface area contributed by atoms with Gasteiger partial charge < -0.3 is 10.6 Å². The van der Waals surface area contributed by atoms with Crippen molar-refractivity contribution in [2.45, 2.75) is 6.92 Å². The molecule has 2 N–H and O–H groups in total. The molecule has 0 saturated carbocycles. The maximum absolute atomic E-state index is 12.4. The molecule has 0 radical (unpaired) electrons. The highest BCUT2D eigenvalue weighted by Gasteiger charge is 2.22. The zero-order valence-corrected chi connectivity index (χ0v) is 13.8. The van der Waals surface area contributed by atoms with E-state index in [1.165, 1.54) is 0 Å². The van der Waals surface area contributed by atoms with Gasteiger partial charge in [-0.05, 0) is 24.6 Å². The van der Waals surface area contributed by atoms with Crippen LogP contribution in [0.15, 0.2) is 22.7 Å². The highest BCUT2D eigenvalue weighted by atomic mass is 79.9. The quantitative estimate of drug-likeness (QED) is 0.840. The molecular weight excluding hydrogens is 338 g/mol. The highest BCUT2D eigenvalue weighted by Crippen LogP contribution is 2.19. The third-order valence-corrected chi connectivity index (χ3v) is 4.44. The topological polar surface area (TPSA) is 49.6 Å². The van der Waals surface area contributed by atoms with Gasteiger partial charge in [-0.3, -0.25) is 9.69 Å². The molecule has 20 heavy (non-hydrogen) atoms. The first-order chi connectivity index (χ1) is 9.47. The second kappa shape index (κ2) is 6.65. The molecule has 6 heteroatoms. The van der Waals surface area contributed by atoms with Crippen molar-refractivity contribution >= 4 is 39.0 Å². The normalized spacial score (nSPS) is 16.2. The average molecular weight is 356 g/mol. The molecule has 108 valence electrons. The monoisotopic (exact) mass is 355 g/mol. The van der Waals surface area contributed by atoms with Gasteiger partial charge in [0.2, 0.25) is 0 Å². The van der Waals surface area contributed by atoms with E-state index in [9.17, 15) is 4.79 Å². The Bertz CT molecular complexity index is 527. The van der Waals surface area contributed by atoms with Crippen LogP contribution in [0.25, 0.3) is 0 Å². The number of hydrogen-bond donors (Lipinski definition) is 1. The van der Waals surface area contributed by atoms with E-state index in [2.05, 4.69) is 20.8 Å². The minimum absolute atomic E-state index is 0.0840. The van der Waals surface area contributed by atoms with Crippen LogP contribution in [0.4, 0.5) is 0 Å². The fraction of sp³-hybridized carbons (Fsp3) is 0.429. The number of halogens is 1. The largest absolute Gasteiger partial charge is 0.392 e. The Labute approximate surface area is 133 Å². The Kier molecular flexibility index (Phi) is 5.12. The van der Waals surface area contributed by atoms with Gasteiger partial charge in [-0.25, -0.2) is 0 Å². The smallest absolute Gasteiger partial charge is 0.253 e. The first-order valence-corrected chi connectivity index (χ1v) is 7.73. The number of hydrogen-bond acceptors (Lipinski definition) is 3. The molecule has 1 heterocycles. The summed E-state index contributed by atoms with van der Waals surface area (Å²) in [5, 5.41) is 0. The van der Waals surface area contributed by atoms with Crippen LogP contribution in [0.1, 0.15) is 15.9 Å². The molecule has 1 saturated heterocycles. The van der Waals surface area contributed by atoms with Gasteiger partial charge in [0.25, 0.3) is 5.91 Å². The summed E-state index contributed by atoms with van der Waals surface area (Å²) in [6.07, 6.45) is 0. The SMILES string of the molecule is Cc1ccc(C(=O)N2CCN(CC(N)=S)CC2)cc1Br. The van der Waals surface area contributed by atoms with Gasteiger partial charge in [-0.1, -0.05) is 34.2 Å². The van der Waals surface area contributed by atoms with Crippen LogP contribution in [0, 0.1) is 6.92 Å². The summed E-state index contributed by atoms with van der Waals surface area (Å²) in [6.45, 7) is 5.70. The molecule has 1 aromatic rings. The predicted molar refractivity (Wildman–Crippen MR) is 88.0 cm³/mol. The summed E-state index contributed by atoms with van der Waals surface area (Å²) in [5.74, 6) is 0.0840. The molecule has 0 bridgehead atoms. The number of aryl methyl sites for hydroxylation is 1. The summed E-state index contributed by atoms with van der Waals surface area (Å²) < 4.78 is 0.968. The molecule has 2 rings (SSSR count). The fourth-order valence-electron chi connectivity index (χ4n) is 2.24. The summed E-state index contributed by atoms with van der Waals surface area (Å²) in [5.41, 5.74) is 7.40. The number of nitrogens with two attached hydrogens (primary N) is 1. The van der Waals surface area contributed by atoms with Crippen molar-refractivity contribution in [3.05, 3.63) is 33.8 Å². The Morgan fingerprint density at radius 3 is 2.55 bits per heavy atom. The van der Waals surface area contributed by atoms with E-state index in [4.69, 9.17) is 18.0 Å². The Morgan fingerprint density at radius 1 is 1.35 bits per heavy atom. The van der Waals surface area contributed by atoms with E-state index >= 15 is 0 Å². The number of carbonyl (C=O) groups excluding carboxylic acids is 1. The average Bonchev–Trinajstić information content (AvgIpc) is 2.41. The van der Waals surface area contributed by atoms with Crippen molar-refractivity contribution in [2.75, 3.05) is 32.7 Å². The highest BCUT2D eigenvalue weighted by molar-refractivity contribution is 9.10. The summed E-state index contributed by atoms with van der Waals surface area (Å²) in [4.78, 5) is 17.0. The van der Waals surface area contributed by atoms with Crippen molar-refractivity contribution in [2.24, 2.45) is 5.73 Å². The lowest BCUT2D eigenvalue weighted by Gasteiger charge is -2.34. The minimum atomic E-state index is 0.0840.